The van der Waals surface area contributed by atoms with Crippen LogP contribution in [0.5, 0.6) is 0 Å². The van der Waals surface area contributed by atoms with E-state index in [-0.39, 0.29) is 17.7 Å². The summed E-state index contributed by atoms with van der Waals surface area (Å²) in [6.45, 7) is 1.96. The monoisotopic (exact) mass is 263 g/mol. The number of ether oxygens (including phenoxy) is 1. The maximum Gasteiger partial charge on any atom is 0.252 e. The molecule has 1 fully saturated rings. The molecule has 6 heteroatoms. The number of hydrogen-bond donors (Lipinski definition) is 2. The van der Waals surface area contributed by atoms with Gasteiger partial charge in [0.15, 0.2) is 0 Å². The van der Waals surface area contributed by atoms with Gasteiger partial charge >= 0.3 is 0 Å². The van der Waals surface area contributed by atoms with Gasteiger partial charge in [0.05, 0.1) is 18.1 Å². The molecule has 0 spiro atoms. The number of nitrogens with zero attached hydrogens (tertiary/aromatic N) is 1. The number of aromatic nitrogens is 1. The Labute approximate surface area is 111 Å². The summed E-state index contributed by atoms with van der Waals surface area (Å²) >= 11 is 0. The zero-order chi connectivity index (χ0) is 13.5. The van der Waals surface area contributed by atoms with Crippen molar-refractivity contribution in [3.63, 3.8) is 0 Å². The molecular formula is C13H17N3O3. The Morgan fingerprint density at radius 2 is 2.21 bits per heavy atom. The first kappa shape index (κ1) is 13.5. The zero-order valence-corrected chi connectivity index (χ0v) is 10.6. The maximum atomic E-state index is 11.7. The van der Waals surface area contributed by atoms with Crippen LogP contribution in [0, 0.1) is 5.92 Å². The summed E-state index contributed by atoms with van der Waals surface area (Å²) in [4.78, 5) is 27.2. The molecule has 19 heavy (non-hydrogen) atoms. The van der Waals surface area contributed by atoms with E-state index in [0.29, 0.717) is 31.9 Å². The van der Waals surface area contributed by atoms with Crippen molar-refractivity contribution in [3.05, 3.63) is 30.1 Å². The van der Waals surface area contributed by atoms with Crippen molar-refractivity contribution in [2.45, 2.75) is 6.42 Å². The Balaban J connectivity index is 1.64. The highest BCUT2D eigenvalue weighted by molar-refractivity contribution is 5.93. The third-order valence-electron chi connectivity index (χ3n) is 2.93. The van der Waals surface area contributed by atoms with Gasteiger partial charge in [0.25, 0.3) is 5.91 Å². The lowest BCUT2D eigenvalue weighted by atomic mass is 10.1. The summed E-state index contributed by atoms with van der Waals surface area (Å²) in [6, 6.07) is 3.40. The molecule has 2 amide bonds. The van der Waals surface area contributed by atoms with Gasteiger partial charge in [0.2, 0.25) is 5.91 Å². The summed E-state index contributed by atoms with van der Waals surface area (Å²) in [7, 11) is 0. The molecular weight excluding hydrogens is 246 g/mol. The van der Waals surface area contributed by atoms with E-state index in [1.807, 2.05) is 0 Å². The molecule has 102 valence electrons. The van der Waals surface area contributed by atoms with E-state index in [0.717, 1.165) is 6.42 Å². The van der Waals surface area contributed by atoms with Gasteiger partial charge in [-0.3, -0.25) is 14.6 Å². The maximum absolute atomic E-state index is 11.7. The number of carbonyl (C=O) groups is 2. The largest absolute Gasteiger partial charge is 0.381 e. The Morgan fingerprint density at radius 1 is 1.37 bits per heavy atom. The molecule has 1 atom stereocenters. The molecule has 1 aromatic rings. The van der Waals surface area contributed by atoms with Crippen molar-refractivity contribution < 1.29 is 14.3 Å². The lowest BCUT2D eigenvalue weighted by Gasteiger charge is -2.09. The zero-order valence-electron chi connectivity index (χ0n) is 10.6. The lowest BCUT2D eigenvalue weighted by Crippen LogP contribution is -2.37. The van der Waals surface area contributed by atoms with Gasteiger partial charge in [0.1, 0.15) is 0 Å². The predicted octanol–water partition coefficient (Wildman–Crippen LogP) is -0.0359. The van der Waals surface area contributed by atoms with Gasteiger partial charge in [-0.1, -0.05) is 0 Å². The molecule has 0 bridgehead atoms. The van der Waals surface area contributed by atoms with Crippen LogP contribution < -0.4 is 10.6 Å². The van der Waals surface area contributed by atoms with E-state index >= 15 is 0 Å². The summed E-state index contributed by atoms with van der Waals surface area (Å²) in [5.41, 5.74) is 0.512. The van der Waals surface area contributed by atoms with Crippen LogP contribution in [0.15, 0.2) is 24.5 Å². The molecule has 2 N–H and O–H groups in total. The highest BCUT2D eigenvalue weighted by atomic mass is 16.5. The first-order chi connectivity index (χ1) is 9.27. The van der Waals surface area contributed by atoms with Gasteiger partial charge < -0.3 is 15.4 Å². The van der Waals surface area contributed by atoms with E-state index in [1.165, 1.54) is 6.20 Å². The summed E-state index contributed by atoms with van der Waals surface area (Å²) < 4.78 is 5.14. The van der Waals surface area contributed by atoms with Crippen LogP contribution in [0.3, 0.4) is 0 Å². The van der Waals surface area contributed by atoms with Crippen molar-refractivity contribution >= 4 is 11.8 Å². The molecule has 0 saturated carbocycles. The van der Waals surface area contributed by atoms with Crippen LogP contribution in [0.1, 0.15) is 16.8 Å². The topological polar surface area (TPSA) is 80.3 Å². The fourth-order valence-corrected chi connectivity index (χ4v) is 1.85. The number of nitrogens with one attached hydrogen (secondary N) is 2. The minimum Gasteiger partial charge on any atom is -0.381 e. The van der Waals surface area contributed by atoms with Gasteiger partial charge in [0, 0.05) is 32.1 Å². The molecule has 6 nitrogen and oxygen atoms in total. The van der Waals surface area contributed by atoms with E-state index in [2.05, 4.69) is 15.6 Å². The van der Waals surface area contributed by atoms with Crippen molar-refractivity contribution in [3.8, 4) is 0 Å². The first-order valence-corrected chi connectivity index (χ1v) is 6.31. The standard InChI is InChI=1S/C13H17N3O3/c17-12(10-2-1-4-14-8-10)15-5-6-16-13(18)11-3-7-19-9-11/h1-2,4,8,11H,3,5-7,9H2,(H,15,17)(H,16,18)/t11-/m0/s1. The van der Waals surface area contributed by atoms with Crippen LogP contribution in [0.2, 0.25) is 0 Å². The number of pyridine rings is 1. The summed E-state index contributed by atoms with van der Waals surface area (Å²) in [5, 5.41) is 5.50. The van der Waals surface area contributed by atoms with Crippen molar-refractivity contribution in [1.29, 1.82) is 0 Å². The van der Waals surface area contributed by atoms with Crippen LogP contribution in [0.25, 0.3) is 0 Å². The van der Waals surface area contributed by atoms with Crippen LogP contribution in [-0.4, -0.2) is 43.1 Å². The highest BCUT2D eigenvalue weighted by Gasteiger charge is 2.22. The molecule has 0 aromatic carbocycles. The molecule has 0 aliphatic carbocycles. The van der Waals surface area contributed by atoms with E-state index in [9.17, 15) is 9.59 Å². The van der Waals surface area contributed by atoms with Gasteiger partial charge in [-0.25, -0.2) is 0 Å². The Hall–Kier alpha value is -1.95. The molecule has 1 aliphatic rings. The summed E-state index contributed by atoms with van der Waals surface area (Å²) in [6.07, 6.45) is 3.89. The lowest BCUT2D eigenvalue weighted by molar-refractivity contribution is -0.124. The second-order valence-electron chi connectivity index (χ2n) is 4.35. The molecule has 1 aliphatic heterocycles. The first-order valence-electron chi connectivity index (χ1n) is 6.31. The minimum atomic E-state index is -0.188. The second kappa shape index (κ2) is 6.84. The quantitative estimate of drug-likeness (QED) is 0.731. The van der Waals surface area contributed by atoms with Crippen LogP contribution in [0.4, 0.5) is 0 Å². The van der Waals surface area contributed by atoms with Gasteiger partial charge in [-0.15, -0.1) is 0 Å². The number of rotatable bonds is 5. The Kier molecular flexibility index (Phi) is 4.85. The minimum absolute atomic E-state index is 0.00636. The molecule has 1 saturated heterocycles. The van der Waals surface area contributed by atoms with E-state index in [4.69, 9.17) is 4.74 Å². The highest BCUT2D eigenvalue weighted by Crippen LogP contribution is 2.11. The molecule has 1 aromatic heterocycles. The number of carbonyl (C=O) groups excluding carboxylic acids is 2. The fourth-order valence-electron chi connectivity index (χ4n) is 1.85. The van der Waals surface area contributed by atoms with Crippen molar-refractivity contribution in [2.24, 2.45) is 5.92 Å². The Morgan fingerprint density at radius 3 is 2.89 bits per heavy atom. The smallest absolute Gasteiger partial charge is 0.252 e. The third kappa shape index (κ3) is 4.03. The Bertz CT molecular complexity index is 430. The molecule has 0 unspecified atom stereocenters. The summed E-state index contributed by atoms with van der Waals surface area (Å²) in [5.74, 6) is -0.242. The second-order valence-corrected chi connectivity index (χ2v) is 4.35. The molecule has 2 heterocycles. The van der Waals surface area contributed by atoms with Crippen LogP contribution in [-0.2, 0) is 9.53 Å². The van der Waals surface area contributed by atoms with Crippen LogP contribution >= 0.6 is 0 Å². The predicted molar refractivity (Wildman–Crippen MR) is 68.5 cm³/mol. The van der Waals surface area contributed by atoms with Gasteiger partial charge in [-0.2, -0.15) is 0 Å². The number of amides is 2. The normalized spacial score (nSPS) is 18.0. The molecule has 0 radical (unpaired) electrons. The molecule has 2 rings (SSSR count). The third-order valence-corrected chi connectivity index (χ3v) is 2.93. The van der Waals surface area contributed by atoms with Crippen molar-refractivity contribution in [2.75, 3.05) is 26.3 Å². The number of hydrogen-bond acceptors (Lipinski definition) is 4. The van der Waals surface area contributed by atoms with E-state index < -0.39 is 0 Å². The average Bonchev–Trinajstić information content (AvgIpc) is 2.98. The fraction of sp³-hybridized carbons (Fsp3) is 0.462. The van der Waals surface area contributed by atoms with Gasteiger partial charge in [-0.05, 0) is 18.6 Å². The van der Waals surface area contributed by atoms with Crippen molar-refractivity contribution in [1.82, 2.24) is 15.6 Å². The average molecular weight is 263 g/mol. The SMILES string of the molecule is O=C(NCCNC(=O)[C@H]1CCOC1)c1cccnc1. The van der Waals surface area contributed by atoms with E-state index in [1.54, 1.807) is 18.3 Å².